The molecule has 0 radical (unpaired) electrons. The molecule has 134 valence electrons. The molecular weight excluding hydrogens is 334 g/mol. The fourth-order valence-electron chi connectivity index (χ4n) is 3.21. The van der Waals surface area contributed by atoms with Gasteiger partial charge >= 0.3 is 0 Å². The van der Waals surface area contributed by atoms with E-state index in [4.69, 9.17) is 5.84 Å². The fraction of sp³-hybridized carbons (Fsp3) is 0.500. The summed E-state index contributed by atoms with van der Waals surface area (Å²) in [6.45, 7) is 0.600. The smallest absolute Gasteiger partial charge is 0.233 e. The van der Waals surface area contributed by atoms with Crippen LogP contribution in [0.2, 0.25) is 0 Å². The third-order valence-electron chi connectivity index (χ3n) is 4.67. The summed E-state index contributed by atoms with van der Waals surface area (Å²) in [6, 6.07) is 9.96. The Labute approximate surface area is 152 Å². The van der Waals surface area contributed by atoms with Crippen molar-refractivity contribution >= 4 is 17.7 Å². The number of thioether (sulfide) groups is 1. The summed E-state index contributed by atoms with van der Waals surface area (Å²) in [6.07, 6.45) is 5.99. The molecule has 0 saturated heterocycles. The zero-order valence-corrected chi connectivity index (χ0v) is 15.4. The van der Waals surface area contributed by atoms with Gasteiger partial charge in [-0.05, 0) is 18.4 Å². The fourth-order valence-corrected chi connectivity index (χ4v) is 4.01. The summed E-state index contributed by atoms with van der Waals surface area (Å²) < 4.78 is 1.57. The number of nitrogen functional groups attached to an aromatic ring is 1. The molecule has 2 N–H and O–H groups in total. The molecule has 6 nitrogen and oxygen atoms in total. The molecule has 1 fully saturated rings. The number of benzene rings is 1. The van der Waals surface area contributed by atoms with E-state index in [0.717, 1.165) is 24.2 Å². The van der Waals surface area contributed by atoms with Crippen molar-refractivity contribution in [1.29, 1.82) is 0 Å². The molecule has 0 atom stereocenters. The van der Waals surface area contributed by atoms with Crippen LogP contribution in [-0.2, 0) is 11.3 Å². The van der Waals surface area contributed by atoms with E-state index in [1.54, 1.807) is 9.58 Å². The molecule has 0 bridgehead atoms. The predicted octanol–water partition coefficient (Wildman–Crippen LogP) is 2.79. The maximum atomic E-state index is 12.3. The Morgan fingerprint density at radius 3 is 2.68 bits per heavy atom. The first kappa shape index (κ1) is 17.8. The highest BCUT2D eigenvalue weighted by atomic mass is 32.2. The zero-order chi connectivity index (χ0) is 17.6. The number of hydrogen-bond acceptors (Lipinski definition) is 5. The molecule has 7 heteroatoms. The Hall–Kier alpha value is -2.02. The summed E-state index contributed by atoms with van der Waals surface area (Å²) in [5.74, 6) is 7.78. The molecule has 2 aromatic rings. The zero-order valence-electron chi connectivity index (χ0n) is 14.6. The Balaban J connectivity index is 1.54. The molecule has 1 saturated carbocycles. The van der Waals surface area contributed by atoms with Crippen molar-refractivity contribution in [3.8, 4) is 0 Å². The molecule has 1 aromatic heterocycles. The van der Waals surface area contributed by atoms with Crippen molar-refractivity contribution < 1.29 is 4.79 Å². The van der Waals surface area contributed by atoms with Gasteiger partial charge in [-0.2, -0.15) is 0 Å². The van der Waals surface area contributed by atoms with Crippen LogP contribution in [0.25, 0.3) is 0 Å². The van der Waals surface area contributed by atoms with Gasteiger partial charge in [0.25, 0.3) is 0 Å². The summed E-state index contributed by atoms with van der Waals surface area (Å²) >= 11 is 1.35. The van der Waals surface area contributed by atoms with Crippen LogP contribution in [0, 0.1) is 0 Å². The van der Waals surface area contributed by atoms with Crippen LogP contribution in [0.15, 0.2) is 35.5 Å². The second-order valence-corrected chi connectivity index (χ2v) is 7.51. The van der Waals surface area contributed by atoms with E-state index in [-0.39, 0.29) is 5.91 Å². The van der Waals surface area contributed by atoms with Crippen LogP contribution in [0.1, 0.15) is 49.4 Å². The standard InChI is InChI=1S/C18H25N5OS/c1-22(12-14-8-4-2-5-9-14)16(24)13-25-18-21-20-17(23(18)19)15-10-6-3-7-11-15/h2,4-5,8-9,15H,3,6-7,10-13,19H2,1H3. The predicted molar refractivity (Wildman–Crippen MR) is 99.6 cm³/mol. The molecular formula is C18H25N5OS. The number of nitrogens with zero attached hydrogens (tertiary/aromatic N) is 4. The molecule has 25 heavy (non-hydrogen) atoms. The van der Waals surface area contributed by atoms with E-state index in [2.05, 4.69) is 10.2 Å². The van der Waals surface area contributed by atoms with Crippen LogP contribution < -0.4 is 5.84 Å². The Morgan fingerprint density at radius 2 is 1.96 bits per heavy atom. The van der Waals surface area contributed by atoms with Crippen LogP contribution in [0.4, 0.5) is 0 Å². The molecule has 1 heterocycles. The van der Waals surface area contributed by atoms with Crippen molar-refractivity contribution in [2.24, 2.45) is 0 Å². The van der Waals surface area contributed by atoms with Gasteiger partial charge in [0, 0.05) is 19.5 Å². The monoisotopic (exact) mass is 359 g/mol. The highest BCUT2D eigenvalue weighted by molar-refractivity contribution is 7.99. The van der Waals surface area contributed by atoms with E-state index < -0.39 is 0 Å². The van der Waals surface area contributed by atoms with Crippen LogP contribution in [0.5, 0.6) is 0 Å². The van der Waals surface area contributed by atoms with E-state index >= 15 is 0 Å². The largest absolute Gasteiger partial charge is 0.341 e. The number of hydrogen-bond donors (Lipinski definition) is 1. The summed E-state index contributed by atoms with van der Waals surface area (Å²) in [5.41, 5.74) is 1.12. The van der Waals surface area contributed by atoms with Gasteiger partial charge in [0.1, 0.15) is 0 Å². The van der Waals surface area contributed by atoms with Gasteiger partial charge in [0.2, 0.25) is 11.1 Å². The highest BCUT2D eigenvalue weighted by Crippen LogP contribution is 2.32. The molecule has 0 spiro atoms. The van der Waals surface area contributed by atoms with Gasteiger partial charge in [0.05, 0.1) is 5.75 Å². The van der Waals surface area contributed by atoms with Gasteiger partial charge in [-0.1, -0.05) is 61.4 Å². The van der Waals surface area contributed by atoms with Crippen molar-refractivity contribution in [2.45, 2.75) is 49.7 Å². The lowest BCUT2D eigenvalue weighted by molar-refractivity contribution is -0.127. The van der Waals surface area contributed by atoms with Gasteiger partial charge in [-0.3, -0.25) is 4.79 Å². The number of aromatic nitrogens is 3. The maximum Gasteiger partial charge on any atom is 0.233 e. The van der Waals surface area contributed by atoms with E-state index in [0.29, 0.717) is 23.4 Å². The summed E-state index contributed by atoms with van der Waals surface area (Å²) in [4.78, 5) is 14.1. The van der Waals surface area contributed by atoms with Gasteiger partial charge < -0.3 is 10.7 Å². The first-order valence-electron chi connectivity index (χ1n) is 8.76. The summed E-state index contributed by atoms with van der Waals surface area (Å²) in [5, 5.41) is 9.07. The lowest BCUT2D eigenvalue weighted by Gasteiger charge is -2.20. The second kappa shape index (κ2) is 8.38. The van der Waals surface area contributed by atoms with Crippen molar-refractivity contribution in [1.82, 2.24) is 19.8 Å². The first-order valence-corrected chi connectivity index (χ1v) is 9.75. The number of amides is 1. The number of nitrogens with two attached hydrogens (primary N) is 1. The molecule has 1 aliphatic rings. The molecule has 1 amide bonds. The van der Waals surface area contributed by atoms with E-state index in [1.807, 2.05) is 37.4 Å². The van der Waals surface area contributed by atoms with Crippen LogP contribution >= 0.6 is 11.8 Å². The molecule has 1 aromatic carbocycles. The molecule has 0 aliphatic heterocycles. The van der Waals surface area contributed by atoms with Gasteiger partial charge in [0.15, 0.2) is 5.82 Å². The molecule has 3 rings (SSSR count). The normalized spacial score (nSPS) is 15.2. The summed E-state index contributed by atoms with van der Waals surface area (Å²) in [7, 11) is 1.82. The van der Waals surface area contributed by atoms with Gasteiger partial charge in [-0.15, -0.1) is 10.2 Å². The van der Waals surface area contributed by atoms with Gasteiger partial charge in [-0.25, -0.2) is 4.68 Å². The minimum atomic E-state index is 0.0519. The average Bonchev–Trinajstić information content (AvgIpc) is 3.02. The minimum absolute atomic E-state index is 0.0519. The van der Waals surface area contributed by atoms with E-state index in [9.17, 15) is 4.79 Å². The minimum Gasteiger partial charge on any atom is -0.341 e. The number of carbonyl (C=O) groups is 1. The Morgan fingerprint density at radius 1 is 1.24 bits per heavy atom. The third kappa shape index (κ3) is 4.54. The topological polar surface area (TPSA) is 77.0 Å². The first-order chi connectivity index (χ1) is 12.1. The van der Waals surface area contributed by atoms with Crippen LogP contribution in [-0.4, -0.2) is 38.5 Å². The average molecular weight is 359 g/mol. The third-order valence-corrected chi connectivity index (χ3v) is 5.60. The lowest BCUT2D eigenvalue weighted by atomic mass is 9.89. The van der Waals surface area contributed by atoms with E-state index in [1.165, 1.54) is 31.0 Å². The van der Waals surface area contributed by atoms with Crippen molar-refractivity contribution in [2.75, 3.05) is 18.6 Å². The molecule has 0 unspecified atom stereocenters. The Bertz CT molecular complexity index is 697. The SMILES string of the molecule is CN(Cc1ccccc1)C(=O)CSc1nnc(C2CCCCC2)n1N. The number of carbonyl (C=O) groups excluding carboxylic acids is 1. The maximum absolute atomic E-state index is 12.3. The lowest BCUT2D eigenvalue weighted by Crippen LogP contribution is -2.28. The van der Waals surface area contributed by atoms with Crippen LogP contribution in [0.3, 0.4) is 0 Å². The highest BCUT2D eigenvalue weighted by Gasteiger charge is 2.23. The molecule has 1 aliphatic carbocycles. The second-order valence-electron chi connectivity index (χ2n) is 6.57. The Kier molecular flexibility index (Phi) is 5.96. The van der Waals surface area contributed by atoms with Crippen molar-refractivity contribution in [3.63, 3.8) is 0 Å². The quantitative estimate of drug-likeness (QED) is 0.634. The van der Waals surface area contributed by atoms with Crippen molar-refractivity contribution in [3.05, 3.63) is 41.7 Å². The number of rotatable bonds is 6.